The van der Waals surface area contributed by atoms with Crippen LogP contribution < -0.4 is 15.2 Å². The fourth-order valence-corrected chi connectivity index (χ4v) is 3.61. The summed E-state index contributed by atoms with van der Waals surface area (Å²) in [5, 5.41) is 5.02. The highest BCUT2D eigenvalue weighted by molar-refractivity contribution is 6.14. The Labute approximate surface area is 157 Å². The molecule has 0 bridgehead atoms. The zero-order chi connectivity index (χ0) is 18.4. The second-order valence-electron chi connectivity index (χ2n) is 6.84. The van der Waals surface area contributed by atoms with Crippen molar-refractivity contribution in [3.63, 3.8) is 0 Å². The van der Waals surface area contributed by atoms with Gasteiger partial charge < -0.3 is 15.2 Å². The molecule has 6 nitrogen and oxygen atoms in total. The van der Waals surface area contributed by atoms with Crippen molar-refractivity contribution < 1.29 is 9.47 Å². The third kappa shape index (κ3) is 2.65. The third-order valence-corrected chi connectivity index (χ3v) is 4.96. The minimum absolute atomic E-state index is 0.255. The maximum atomic E-state index is 5.89. The van der Waals surface area contributed by atoms with E-state index in [4.69, 9.17) is 20.3 Å². The lowest BCUT2D eigenvalue weighted by Gasteiger charge is -2.11. The molecule has 0 radical (unpaired) electrons. The summed E-state index contributed by atoms with van der Waals surface area (Å²) in [6.45, 7) is 2.40. The first kappa shape index (κ1) is 15.9. The molecule has 0 aliphatic carbocycles. The van der Waals surface area contributed by atoms with Crippen LogP contribution in [0.25, 0.3) is 0 Å². The summed E-state index contributed by atoms with van der Waals surface area (Å²) in [5.74, 6) is 2.52. The Bertz CT molecular complexity index is 1050. The zero-order valence-corrected chi connectivity index (χ0v) is 15.1. The van der Waals surface area contributed by atoms with Gasteiger partial charge in [0.2, 0.25) is 6.79 Å². The van der Waals surface area contributed by atoms with Crippen LogP contribution in [0, 0.1) is 0 Å². The number of benzene rings is 2. The van der Waals surface area contributed by atoms with E-state index in [9.17, 15) is 0 Å². The molecular formula is C21H20N4O2. The summed E-state index contributed by atoms with van der Waals surface area (Å²) in [4.78, 5) is 4.60. The number of rotatable bonds is 3. The van der Waals surface area contributed by atoms with Crippen molar-refractivity contribution in [1.29, 1.82) is 0 Å². The Kier molecular flexibility index (Phi) is 3.63. The van der Waals surface area contributed by atoms with Crippen LogP contribution in [0.1, 0.15) is 41.6 Å². The molecule has 1 aromatic heterocycles. The number of fused-ring (bicyclic) bond motifs is 3. The number of aromatic nitrogens is 2. The van der Waals surface area contributed by atoms with Crippen LogP contribution in [0.5, 0.6) is 11.5 Å². The summed E-state index contributed by atoms with van der Waals surface area (Å²) in [5.41, 5.74) is 11.8. The van der Waals surface area contributed by atoms with Gasteiger partial charge in [0.05, 0.1) is 17.6 Å². The molecule has 3 heterocycles. The predicted molar refractivity (Wildman–Crippen MR) is 103 cm³/mol. The lowest BCUT2D eigenvalue weighted by Crippen LogP contribution is -2.08. The maximum Gasteiger partial charge on any atom is 0.231 e. The number of aryl methyl sites for hydroxylation is 1. The Morgan fingerprint density at radius 1 is 1.11 bits per heavy atom. The molecule has 3 aromatic rings. The van der Waals surface area contributed by atoms with Gasteiger partial charge in [0, 0.05) is 29.7 Å². The van der Waals surface area contributed by atoms with Crippen LogP contribution in [0.15, 0.2) is 47.7 Å². The van der Waals surface area contributed by atoms with Crippen molar-refractivity contribution in [2.24, 2.45) is 5.10 Å². The number of imidazole rings is 1. The second kappa shape index (κ2) is 6.16. The van der Waals surface area contributed by atoms with Crippen LogP contribution in [0.3, 0.4) is 0 Å². The molecule has 0 unspecified atom stereocenters. The van der Waals surface area contributed by atoms with E-state index >= 15 is 0 Å². The number of nitrogen functional groups attached to an aromatic ring is 1. The fraction of sp³-hybridized carbons (Fsp3) is 0.238. The Balaban J connectivity index is 1.74. The molecular weight excluding hydrogens is 340 g/mol. The second-order valence-corrected chi connectivity index (χ2v) is 6.84. The highest BCUT2D eigenvalue weighted by Gasteiger charge is 2.25. The highest BCUT2D eigenvalue weighted by atomic mass is 16.7. The minimum Gasteiger partial charge on any atom is -0.454 e. The van der Waals surface area contributed by atoms with Crippen LogP contribution in [-0.4, -0.2) is 22.2 Å². The molecule has 5 rings (SSSR count). The van der Waals surface area contributed by atoms with Gasteiger partial charge in [-0.1, -0.05) is 19.1 Å². The van der Waals surface area contributed by atoms with Gasteiger partial charge >= 0.3 is 0 Å². The Hall–Kier alpha value is -3.28. The van der Waals surface area contributed by atoms with Gasteiger partial charge in [-0.2, -0.15) is 5.10 Å². The smallest absolute Gasteiger partial charge is 0.231 e. The van der Waals surface area contributed by atoms with Crippen molar-refractivity contribution >= 4 is 11.4 Å². The van der Waals surface area contributed by atoms with Gasteiger partial charge in [-0.25, -0.2) is 9.66 Å². The topological polar surface area (TPSA) is 74.7 Å². The van der Waals surface area contributed by atoms with Crippen LogP contribution in [0.2, 0.25) is 0 Å². The monoisotopic (exact) mass is 360 g/mol. The minimum atomic E-state index is 0.255. The van der Waals surface area contributed by atoms with Gasteiger partial charge in [0.1, 0.15) is 5.82 Å². The summed E-state index contributed by atoms with van der Waals surface area (Å²) < 4.78 is 13.2. The van der Waals surface area contributed by atoms with Crippen molar-refractivity contribution in [1.82, 2.24) is 9.66 Å². The Morgan fingerprint density at radius 2 is 1.89 bits per heavy atom. The average Bonchev–Trinajstić information content (AvgIpc) is 3.24. The molecule has 0 amide bonds. The highest BCUT2D eigenvalue weighted by Crippen LogP contribution is 2.37. The van der Waals surface area contributed by atoms with E-state index in [0.29, 0.717) is 0 Å². The molecule has 136 valence electrons. The van der Waals surface area contributed by atoms with Crippen LogP contribution in [0.4, 0.5) is 5.69 Å². The fourth-order valence-electron chi connectivity index (χ4n) is 3.61. The Morgan fingerprint density at radius 3 is 2.67 bits per heavy atom. The van der Waals surface area contributed by atoms with Crippen molar-refractivity contribution in [3.05, 3.63) is 70.8 Å². The summed E-state index contributed by atoms with van der Waals surface area (Å²) >= 11 is 0. The molecule has 0 atom stereocenters. The quantitative estimate of drug-likeness (QED) is 0.569. The summed E-state index contributed by atoms with van der Waals surface area (Å²) in [7, 11) is 0. The van der Waals surface area contributed by atoms with E-state index < -0.39 is 0 Å². The number of hydrogen-bond acceptors (Lipinski definition) is 5. The average molecular weight is 360 g/mol. The van der Waals surface area contributed by atoms with E-state index in [-0.39, 0.29) is 6.79 Å². The maximum absolute atomic E-state index is 5.89. The zero-order valence-electron chi connectivity index (χ0n) is 15.1. The third-order valence-electron chi connectivity index (χ3n) is 4.96. The van der Waals surface area contributed by atoms with Gasteiger partial charge in [0.25, 0.3) is 0 Å². The van der Waals surface area contributed by atoms with Crippen molar-refractivity contribution in [2.45, 2.75) is 26.2 Å². The first-order valence-electron chi connectivity index (χ1n) is 9.16. The van der Waals surface area contributed by atoms with Gasteiger partial charge in [-0.05, 0) is 36.2 Å². The molecule has 0 saturated carbocycles. The van der Waals surface area contributed by atoms with Crippen LogP contribution >= 0.6 is 0 Å². The van der Waals surface area contributed by atoms with Gasteiger partial charge in [0.15, 0.2) is 11.5 Å². The predicted octanol–water partition coefficient (Wildman–Crippen LogP) is 3.35. The van der Waals surface area contributed by atoms with E-state index in [1.807, 2.05) is 41.2 Å². The van der Waals surface area contributed by atoms with E-state index in [1.54, 1.807) is 0 Å². The first-order valence-corrected chi connectivity index (χ1v) is 9.16. The van der Waals surface area contributed by atoms with E-state index in [1.165, 1.54) is 0 Å². The van der Waals surface area contributed by atoms with Gasteiger partial charge in [-0.3, -0.25) is 0 Å². The molecule has 27 heavy (non-hydrogen) atoms. The molecule has 6 heteroatoms. The lowest BCUT2D eigenvalue weighted by molar-refractivity contribution is 0.174. The number of hydrogen-bond donors (Lipinski definition) is 1. The number of nitrogens with zero attached hydrogens (tertiary/aromatic N) is 3. The molecule has 2 aliphatic heterocycles. The number of nitrogens with two attached hydrogens (primary N) is 1. The SMILES string of the molecule is CCCc1ncc2n1N=C(c1ccc(N)cc1)c1cc3c(cc1C2)OCO3. The van der Waals surface area contributed by atoms with Gasteiger partial charge in [-0.15, -0.1) is 0 Å². The molecule has 0 fully saturated rings. The van der Waals surface area contributed by atoms with Crippen molar-refractivity contribution in [2.75, 3.05) is 12.5 Å². The summed E-state index contributed by atoms with van der Waals surface area (Å²) in [6.07, 6.45) is 4.57. The summed E-state index contributed by atoms with van der Waals surface area (Å²) in [6, 6.07) is 11.9. The molecule has 2 aliphatic rings. The first-order chi connectivity index (χ1) is 13.2. The standard InChI is InChI=1S/C21H20N4O2/c1-2-3-20-23-11-16-8-14-9-18-19(27-12-26-18)10-17(14)21(24-25(16)20)13-4-6-15(22)7-5-13/h4-7,9-11H,2-3,8,12,22H2,1H3. The van der Waals surface area contributed by atoms with Crippen molar-refractivity contribution in [3.8, 4) is 11.5 Å². The van der Waals surface area contributed by atoms with E-state index in [2.05, 4.69) is 18.0 Å². The molecule has 0 saturated heterocycles. The lowest BCUT2D eigenvalue weighted by atomic mass is 9.95. The molecule has 2 N–H and O–H groups in total. The van der Waals surface area contributed by atoms with E-state index in [0.717, 1.165) is 70.4 Å². The van der Waals surface area contributed by atoms with Crippen LogP contribution in [-0.2, 0) is 12.8 Å². The number of ether oxygens (including phenoxy) is 2. The normalized spacial score (nSPS) is 14.3. The molecule has 2 aromatic carbocycles. The largest absolute Gasteiger partial charge is 0.454 e. The number of anilines is 1. The molecule has 0 spiro atoms.